The first-order valence-corrected chi connectivity index (χ1v) is 10.2. The van der Waals surface area contributed by atoms with Gasteiger partial charge < -0.3 is 4.18 Å². The van der Waals surface area contributed by atoms with Crippen LogP contribution < -0.4 is 4.18 Å². The minimum Gasteiger partial charge on any atom is -0.421 e. The van der Waals surface area contributed by atoms with E-state index in [4.69, 9.17) is 4.18 Å². The van der Waals surface area contributed by atoms with Gasteiger partial charge in [0.2, 0.25) is 11.6 Å². The van der Waals surface area contributed by atoms with Crippen LogP contribution in [-0.4, -0.2) is 11.6 Å². The maximum Gasteiger partial charge on any atom is 0.234 e. The zero-order valence-corrected chi connectivity index (χ0v) is 16.8. The Morgan fingerprint density at radius 2 is 1.20 bits per heavy atom. The van der Waals surface area contributed by atoms with E-state index in [-0.39, 0.29) is 0 Å². The minimum absolute atomic E-state index is 0.391. The molecule has 4 rings (SSSR count). The van der Waals surface area contributed by atoms with Crippen LogP contribution >= 0.6 is 12.0 Å². The normalized spacial score (nSPS) is 10.4. The summed E-state index contributed by atoms with van der Waals surface area (Å²) >= 11 is 1.27. The van der Waals surface area contributed by atoms with E-state index in [0.717, 1.165) is 21.8 Å². The fraction of sp³-hybridized carbons (Fsp3) is 0. The van der Waals surface area contributed by atoms with E-state index < -0.39 is 11.6 Å². The highest BCUT2D eigenvalue weighted by Gasteiger charge is 2.21. The van der Waals surface area contributed by atoms with Gasteiger partial charge in [-0.25, -0.2) is 0 Å². The van der Waals surface area contributed by atoms with Crippen molar-refractivity contribution in [2.24, 2.45) is 0 Å². The summed E-state index contributed by atoms with van der Waals surface area (Å²) in [5, 5.41) is 0. The molecule has 4 heteroatoms. The van der Waals surface area contributed by atoms with Gasteiger partial charge in [-0.2, -0.15) is 0 Å². The number of rotatable bonds is 7. The van der Waals surface area contributed by atoms with Gasteiger partial charge in [0.05, 0.1) is 12.0 Å². The highest BCUT2D eigenvalue weighted by Crippen LogP contribution is 2.29. The van der Waals surface area contributed by atoms with Crippen molar-refractivity contribution in [3.8, 4) is 16.9 Å². The molecule has 0 aromatic heterocycles. The van der Waals surface area contributed by atoms with E-state index in [1.165, 1.54) is 12.0 Å². The smallest absolute Gasteiger partial charge is 0.234 e. The molecule has 0 bridgehead atoms. The predicted octanol–water partition coefficient (Wildman–Crippen LogP) is 6.51. The van der Waals surface area contributed by atoms with Crippen LogP contribution in [0, 0.1) is 0 Å². The fourth-order valence-electron chi connectivity index (χ4n) is 3.04. The second-order valence-corrected chi connectivity index (χ2v) is 7.38. The van der Waals surface area contributed by atoms with Crippen LogP contribution in [0.3, 0.4) is 0 Å². The van der Waals surface area contributed by atoms with Crippen LogP contribution in [0.15, 0.2) is 114 Å². The van der Waals surface area contributed by atoms with Crippen molar-refractivity contribution in [3.63, 3.8) is 0 Å². The molecular weight excluding hydrogens is 392 g/mol. The minimum atomic E-state index is -0.511. The number of para-hydroxylation sites is 1. The molecule has 0 saturated carbocycles. The van der Waals surface area contributed by atoms with Crippen LogP contribution in [0.1, 0.15) is 20.7 Å². The van der Waals surface area contributed by atoms with Gasteiger partial charge in [0.1, 0.15) is 5.75 Å². The van der Waals surface area contributed by atoms with Crippen molar-refractivity contribution in [3.05, 3.63) is 120 Å². The van der Waals surface area contributed by atoms with Gasteiger partial charge in [-0.1, -0.05) is 84.9 Å². The Morgan fingerprint density at radius 1 is 0.600 bits per heavy atom. The topological polar surface area (TPSA) is 43.4 Å². The number of hydrogen-bond acceptors (Lipinski definition) is 4. The van der Waals surface area contributed by atoms with Crippen molar-refractivity contribution < 1.29 is 13.8 Å². The van der Waals surface area contributed by atoms with E-state index in [1.807, 2.05) is 72.8 Å². The Hall–Kier alpha value is -3.63. The summed E-state index contributed by atoms with van der Waals surface area (Å²) in [6.45, 7) is 0. The largest absolute Gasteiger partial charge is 0.421 e. The number of benzene rings is 4. The number of hydrogen-bond donors (Lipinski definition) is 0. The third-order valence-corrected chi connectivity index (χ3v) is 5.30. The number of Topliss-reactive ketones (excluding diaryl/α,β-unsaturated/α-hetero) is 2. The maximum atomic E-state index is 12.9. The van der Waals surface area contributed by atoms with Crippen LogP contribution in [0.5, 0.6) is 5.75 Å². The van der Waals surface area contributed by atoms with E-state index >= 15 is 0 Å². The van der Waals surface area contributed by atoms with E-state index in [0.29, 0.717) is 11.1 Å². The summed E-state index contributed by atoms with van der Waals surface area (Å²) in [4.78, 5) is 26.5. The van der Waals surface area contributed by atoms with Gasteiger partial charge in [-0.15, -0.1) is 0 Å². The molecule has 0 unspecified atom stereocenters. The fourth-order valence-corrected chi connectivity index (χ4v) is 3.59. The third-order valence-electron chi connectivity index (χ3n) is 4.56. The predicted molar refractivity (Wildman–Crippen MR) is 120 cm³/mol. The van der Waals surface area contributed by atoms with Crippen LogP contribution in [0.2, 0.25) is 0 Å². The molecule has 3 nitrogen and oxygen atoms in total. The Labute approximate surface area is 179 Å². The molecule has 0 heterocycles. The lowest BCUT2D eigenvalue weighted by atomic mass is 9.93. The molecule has 0 atom stereocenters. The summed E-state index contributed by atoms with van der Waals surface area (Å²) in [6, 6.07) is 33.1. The molecule has 0 aliphatic carbocycles. The molecule has 146 valence electrons. The second kappa shape index (κ2) is 9.25. The van der Waals surface area contributed by atoms with Crippen LogP contribution in [0.25, 0.3) is 11.1 Å². The Kier molecular flexibility index (Phi) is 6.06. The van der Waals surface area contributed by atoms with Crippen molar-refractivity contribution in [2.45, 2.75) is 4.90 Å². The van der Waals surface area contributed by atoms with E-state index in [2.05, 4.69) is 0 Å². The number of carbonyl (C=O) groups is 2. The third kappa shape index (κ3) is 4.50. The molecule has 4 aromatic rings. The van der Waals surface area contributed by atoms with Crippen molar-refractivity contribution in [1.29, 1.82) is 0 Å². The summed E-state index contributed by atoms with van der Waals surface area (Å²) < 4.78 is 5.70. The molecule has 4 aromatic carbocycles. The van der Waals surface area contributed by atoms with Crippen molar-refractivity contribution in [1.82, 2.24) is 0 Å². The van der Waals surface area contributed by atoms with E-state index in [1.54, 1.807) is 36.4 Å². The van der Waals surface area contributed by atoms with E-state index in [9.17, 15) is 9.59 Å². The zero-order chi connectivity index (χ0) is 20.8. The van der Waals surface area contributed by atoms with Crippen molar-refractivity contribution in [2.75, 3.05) is 0 Å². The average Bonchev–Trinajstić information content (AvgIpc) is 2.83. The maximum absolute atomic E-state index is 12.9. The SMILES string of the molecule is O=C(C(=O)c1ccccc1-c1ccc(SOc2ccccc2)cc1)c1ccccc1. The lowest BCUT2D eigenvalue weighted by Crippen LogP contribution is -2.15. The lowest BCUT2D eigenvalue weighted by molar-refractivity contribution is 0.0817. The summed E-state index contributed by atoms with van der Waals surface area (Å²) in [7, 11) is 0. The lowest BCUT2D eigenvalue weighted by Gasteiger charge is -2.10. The summed E-state index contributed by atoms with van der Waals surface area (Å²) in [5.74, 6) is -0.240. The molecule has 0 N–H and O–H groups in total. The molecule has 0 saturated heterocycles. The average molecular weight is 410 g/mol. The molecule has 0 amide bonds. The first kappa shape index (κ1) is 19.7. The molecule has 0 aliphatic rings. The second-order valence-electron chi connectivity index (χ2n) is 6.57. The Bertz CT molecular complexity index is 1150. The van der Waals surface area contributed by atoms with Crippen molar-refractivity contribution >= 4 is 23.6 Å². The van der Waals surface area contributed by atoms with Gasteiger partial charge >= 0.3 is 0 Å². The zero-order valence-electron chi connectivity index (χ0n) is 16.0. The molecule has 0 fully saturated rings. The molecular formula is C26H18O3S. The van der Waals surface area contributed by atoms with Gasteiger partial charge in [0, 0.05) is 16.0 Å². The molecule has 0 spiro atoms. The quantitative estimate of drug-likeness (QED) is 0.198. The molecule has 0 radical (unpaired) electrons. The first-order chi connectivity index (χ1) is 14.7. The van der Waals surface area contributed by atoms with Crippen LogP contribution in [0.4, 0.5) is 0 Å². The highest BCUT2D eigenvalue weighted by molar-refractivity contribution is 7.95. The highest BCUT2D eigenvalue weighted by atomic mass is 32.2. The summed E-state index contributed by atoms with van der Waals surface area (Å²) in [6.07, 6.45) is 0. The van der Waals surface area contributed by atoms with Gasteiger partial charge in [-0.3, -0.25) is 9.59 Å². The monoisotopic (exact) mass is 410 g/mol. The van der Waals surface area contributed by atoms with Gasteiger partial charge in [0.25, 0.3) is 0 Å². The Morgan fingerprint density at radius 3 is 1.90 bits per heavy atom. The van der Waals surface area contributed by atoms with Gasteiger partial charge in [0.15, 0.2) is 0 Å². The Balaban J connectivity index is 1.55. The van der Waals surface area contributed by atoms with Crippen LogP contribution in [-0.2, 0) is 0 Å². The number of carbonyl (C=O) groups excluding carboxylic acids is 2. The molecule has 0 aliphatic heterocycles. The van der Waals surface area contributed by atoms with Gasteiger partial charge in [-0.05, 0) is 35.4 Å². The summed E-state index contributed by atoms with van der Waals surface area (Å²) in [5.41, 5.74) is 2.38. The standard InChI is InChI=1S/C26H18O3S/c27-25(20-9-3-1-4-10-20)26(28)24-14-8-7-13-23(24)19-15-17-22(18-16-19)30-29-21-11-5-2-6-12-21/h1-18H. The molecule has 30 heavy (non-hydrogen) atoms. The number of ketones is 2. The first-order valence-electron chi connectivity index (χ1n) is 9.45.